The number of ether oxygens (including phenoxy) is 1. The fourth-order valence-corrected chi connectivity index (χ4v) is 3.80. The molecule has 0 amide bonds. The molecule has 0 aliphatic heterocycles. The van der Waals surface area contributed by atoms with E-state index in [2.05, 4.69) is 19.9 Å². The molecule has 5 N–H and O–H groups in total. The van der Waals surface area contributed by atoms with E-state index < -0.39 is 10.2 Å². The average Bonchev–Trinajstić information content (AvgIpc) is 3.31. The summed E-state index contributed by atoms with van der Waals surface area (Å²) in [5.41, 5.74) is 1.92. The Morgan fingerprint density at radius 1 is 1.16 bits per heavy atom. The number of methoxy groups -OCH3 is 1. The summed E-state index contributed by atoms with van der Waals surface area (Å²) >= 11 is 0. The Morgan fingerprint density at radius 2 is 1.91 bits per heavy atom. The number of nitrogens with two attached hydrogens (primary N) is 1. The van der Waals surface area contributed by atoms with Crippen molar-refractivity contribution in [3.63, 3.8) is 0 Å². The van der Waals surface area contributed by atoms with Crippen LogP contribution in [0.25, 0.3) is 28.1 Å². The van der Waals surface area contributed by atoms with Gasteiger partial charge < -0.3 is 19.5 Å². The van der Waals surface area contributed by atoms with E-state index >= 15 is 0 Å². The second-order valence-corrected chi connectivity index (χ2v) is 8.56. The molecule has 0 saturated carbocycles. The molecule has 13 heteroatoms. The van der Waals surface area contributed by atoms with Crippen molar-refractivity contribution in [2.24, 2.45) is 5.14 Å². The van der Waals surface area contributed by atoms with Crippen LogP contribution in [0.2, 0.25) is 0 Å². The van der Waals surface area contributed by atoms with Crippen LogP contribution >= 0.6 is 0 Å². The van der Waals surface area contributed by atoms with E-state index in [1.165, 1.54) is 17.7 Å². The van der Waals surface area contributed by atoms with E-state index in [9.17, 15) is 18.6 Å². The number of para-hydroxylation sites is 1. The van der Waals surface area contributed by atoms with Gasteiger partial charge in [0.1, 0.15) is 11.3 Å². The van der Waals surface area contributed by atoms with Crippen LogP contribution in [0.4, 0.5) is 5.95 Å². The maximum Gasteiger partial charge on any atom is 0.298 e. The van der Waals surface area contributed by atoms with Gasteiger partial charge in [0.25, 0.3) is 10.2 Å². The van der Waals surface area contributed by atoms with Crippen molar-refractivity contribution >= 4 is 27.2 Å². The Bertz CT molecular complexity index is 1430. The van der Waals surface area contributed by atoms with E-state index in [4.69, 9.17) is 9.88 Å². The lowest BCUT2D eigenvalue weighted by Gasteiger charge is -2.14. The number of fused-ring (bicyclic) bond motifs is 1. The summed E-state index contributed by atoms with van der Waals surface area (Å²) in [6.45, 7) is 4.01. The SMILES string of the molecule is COc1cc(-c2nnc(NS(N)(=O)=O)n2-c2cccc3c2ncn3C(C)C)c(O)cc1O. The maximum absolute atomic E-state index is 11.8. The number of phenolic OH excluding ortho intramolecular Hbond substituents is 2. The van der Waals surface area contributed by atoms with E-state index in [-0.39, 0.29) is 40.6 Å². The van der Waals surface area contributed by atoms with E-state index in [0.717, 1.165) is 11.6 Å². The Morgan fingerprint density at radius 3 is 2.56 bits per heavy atom. The number of anilines is 1. The first kappa shape index (κ1) is 21.4. The number of hydrogen-bond donors (Lipinski definition) is 4. The molecule has 0 aliphatic carbocycles. The van der Waals surface area contributed by atoms with Gasteiger partial charge in [-0.2, -0.15) is 8.42 Å². The zero-order valence-corrected chi connectivity index (χ0v) is 18.2. The van der Waals surface area contributed by atoms with Gasteiger partial charge in [0.2, 0.25) is 5.95 Å². The summed E-state index contributed by atoms with van der Waals surface area (Å²) in [4.78, 5) is 4.49. The third kappa shape index (κ3) is 3.67. The quantitative estimate of drug-likeness (QED) is 0.339. The normalized spacial score (nSPS) is 11.9. The molecule has 0 atom stereocenters. The number of hydrogen-bond acceptors (Lipinski definition) is 8. The van der Waals surface area contributed by atoms with Crippen molar-refractivity contribution in [1.29, 1.82) is 0 Å². The van der Waals surface area contributed by atoms with Gasteiger partial charge in [0, 0.05) is 12.1 Å². The number of imidazole rings is 1. The predicted molar refractivity (Wildman–Crippen MR) is 117 cm³/mol. The summed E-state index contributed by atoms with van der Waals surface area (Å²) in [6, 6.07) is 7.94. The minimum atomic E-state index is -4.19. The minimum absolute atomic E-state index is 0.0681. The van der Waals surface area contributed by atoms with Gasteiger partial charge in [-0.05, 0) is 32.0 Å². The minimum Gasteiger partial charge on any atom is -0.507 e. The van der Waals surface area contributed by atoms with Gasteiger partial charge in [0.05, 0.1) is 30.2 Å². The topological polar surface area (TPSA) is 170 Å². The van der Waals surface area contributed by atoms with Crippen molar-refractivity contribution in [3.8, 4) is 34.3 Å². The van der Waals surface area contributed by atoms with Gasteiger partial charge >= 0.3 is 0 Å². The molecule has 0 unspecified atom stereocenters. The second kappa shape index (κ2) is 7.69. The van der Waals surface area contributed by atoms with Crippen LogP contribution in [0.15, 0.2) is 36.7 Å². The molecule has 4 aromatic rings. The molecule has 0 spiro atoms. The first-order chi connectivity index (χ1) is 15.1. The maximum atomic E-state index is 11.8. The lowest BCUT2D eigenvalue weighted by atomic mass is 10.1. The monoisotopic (exact) mass is 459 g/mol. The summed E-state index contributed by atoms with van der Waals surface area (Å²) in [5, 5.41) is 33.6. The van der Waals surface area contributed by atoms with E-state index in [1.54, 1.807) is 18.5 Å². The molecular formula is C19H21N7O5S. The molecule has 2 heterocycles. The smallest absolute Gasteiger partial charge is 0.298 e. The zero-order chi connectivity index (χ0) is 23.2. The molecule has 0 bridgehead atoms. The van der Waals surface area contributed by atoms with Crippen LogP contribution in [0, 0.1) is 0 Å². The number of aromatic hydroxyl groups is 2. The zero-order valence-electron chi connectivity index (χ0n) is 17.4. The van der Waals surface area contributed by atoms with Crippen LogP contribution in [0.1, 0.15) is 19.9 Å². The van der Waals surface area contributed by atoms with Crippen LogP contribution in [0.5, 0.6) is 17.2 Å². The van der Waals surface area contributed by atoms with Gasteiger partial charge in [-0.15, -0.1) is 10.2 Å². The first-order valence-electron chi connectivity index (χ1n) is 9.43. The molecule has 12 nitrogen and oxygen atoms in total. The van der Waals surface area contributed by atoms with Crippen LogP contribution < -0.4 is 14.6 Å². The van der Waals surface area contributed by atoms with E-state index in [1.807, 2.05) is 24.5 Å². The van der Waals surface area contributed by atoms with E-state index in [0.29, 0.717) is 11.2 Å². The molecule has 4 rings (SSSR count). The van der Waals surface area contributed by atoms with Crippen LogP contribution in [-0.2, 0) is 10.2 Å². The number of aromatic nitrogens is 5. The average molecular weight is 459 g/mol. The molecule has 0 fully saturated rings. The molecular weight excluding hydrogens is 438 g/mol. The number of nitrogens with zero attached hydrogens (tertiary/aromatic N) is 5. The third-order valence-electron chi connectivity index (χ3n) is 4.81. The standard InChI is InChI=1S/C19H21N7O5S/c1-10(2)25-9-21-17-12(25)5-4-6-13(17)26-18(22-23-19(26)24-32(20,29)30)11-7-16(31-3)15(28)8-14(11)27/h4-10,27-28H,1-3H3,(H,23,24)(H2,20,29,30). The fraction of sp³-hybridized carbons (Fsp3) is 0.211. The highest BCUT2D eigenvalue weighted by Crippen LogP contribution is 2.40. The molecule has 0 saturated heterocycles. The molecule has 0 aliphatic rings. The van der Waals surface area contributed by atoms with Crippen molar-refractivity contribution in [3.05, 3.63) is 36.7 Å². The molecule has 0 radical (unpaired) electrons. The van der Waals surface area contributed by atoms with Crippen LogP contribution in [0.3, 0.4) is 0 Å². The summed E-state index contributed by atoms with van der Waals surface area (Å²) < 4.78 is 34.1. The first-order valence-corrected chi connectivity index (χ1v) is 11.0. The summed E-state index contributed by atoms with van der Waals surface area (Å²) in [7, 11) is -2.84. The number of phenols is 2. The Labute approximate surface area is 183 Å². The lowest BCUT2D eigenvalue weighted by molar-refractivity contribution is 0.370. The van der Waals surface area contributed by atoms with Crippen LogP contribution in [-0.4, -0.2) is 50.1 Å². The third-order valence-corrected chi connectivity index (χ3v) is 5.28. The van der Waals surface area contributed by atoms with Gasteiger partial charge in [-0.25, -0.2) is 14.8 Å². The highest BCUT2D eigenvalue weighted by molar-refractivity contribution is 7.90. The number of nitrogens with one attached hydrogen (secondary N) is 1. The van der Waals surface area contributed by atoms with Crippen molar-refractivity contribution in [1.82, 2.24) is 24.3 Å². The predicted octanol–water partition coefficient (Wildman–Crippen LogP) is 1.90. The molecule has 168 valence electrons. The second-order valence-electron chi connectivity index (χ2n) is 7.26. The molecule has 32 heavy (non-hydrogen) atoms. The van der Waals surface area contributed by atoms with Gasteiger partial charge in [-0.1, -0.05) is 6.07 Å². The highest BCUT2D eigenvalue weighted by atomic mass is 32.2. The van der Waals surface area contributed by atoms with Crippen molar-refractivity contribution in [2.45, 2.75) is 19.9 Å². The molecule has 2 aromatic carbocycles. The van der Waals surface area contributed by atoms with Gasteiger partial charge in [-0.3, -0.25) is 4.57 Å². The Kier molecular flexibility index (Phi) is 5.14. The Hall–Kier alpha value is -3.84. The summed E-state index contributed by atoms with van der Waals surface area (Å²) in [6.07, 6.45) is 1.68. The van der Waals surface area contributed by atoms with Gasteiger partial charge in [0.15, 0.2) is 17.3 Å². The summed E-state index contributed by atoms with van der Waals surface area (Å²) in [5.74, 6) is -0.658. The number of rotatable bonds is 6. The number of benzene rings is 2. The Balaban J connectivity index is 2.04. The lowest BCUT2D eigenvalue weighted by Crippen LogP contribution is -2.24. The highest BCUT2D eigenvalue weighted by Gasteiger charge is 2.24. The fourth-order valence-electron chi connectivity index (χ4n) is 3.41. The molecule has 2 aromatic heterocycles. The van der Waals surface area contributed by atoms with Crippen molar-refractivity contribution in [2.75, 3.05) is 11.8 Å². The van der Waals surface area contributed by atoms with Crippen molar-refractivity contribution < 1.29 is 23.4 Å². The largest absolute Gasteiger partial charge is 0.507 e.